The molecule has 8 heteroatoms. The zero-order chi connectivity index (χ0) is 17.1. The van der Waals surface area contributed by atoms with Crippen LogP contribution in [0.3, 0.4) is 0 Å². The largest absolute Gasteiger partial charge is 0.467 e. The van der Waals surface area contributed by atoms with Crippen molar-refractivity contribution < 1.29 is 23.1 Å². The Kier molecular flexibility index (Phi) is 4.39. The third kappa shape index (κ3) is 3.18. The first-order chi connectivity index (χ1) is 11.6. The molecule has 1 unspecified atom stereocenters. The van der Waals surface area contributed by atoms with E-state index < -0.39 is 23.6 Å². The number of furan rings is 1. The van der Waals surface area contributed by atoms with E-state index in [0.717, 1.165) is 16.8 Å². The number of rotatable bonds is 5. The highest BCUT2D eigenvalue weighted by Crippen LogP contribution is 2.16. The highest BCUT2D eigenvalue weighted by Gasteiger charge is 2.19. The number of aromatic nitrogens is 2. The van der Waals surface area contributed by atoms with Crippen molar-refractivity contribution in [1.82, 2.24) is 15.1 Å². The number of carbonyl (C=O) groups is 1. The summed E-state index contributed by atoms with van der Waals surface area (Å²) in [7, 11) is 0. The Bertz CT molecular complexity index is 846. The Hall–Kier alpha value is -3.00. The van der Waals surface area contributed by atoms with E-state index in [9.17, 15) is 18.7 Å². The minimum absolute atomic E-state index is 0.0141. The lowest BCUT2D eigenvalue weighted by Gasteiger charge is -2.12. The maximum absolute atomic E-state index is 13.8. The summed E-state index contributed by atoms with van der Waals surface area (Å²) in [5, 5.41) is 15.8. The molecule has 0 aliphatic rings. The van der Waals surface area contributed by atoms with Gasteiger partial charge in [0, 0.05) is 12.3 Å². The highest BCUT2D eigenvalue weighted by atomic mass is 19.1. The predicted molar refractivity (Wildman–Crippen MR) is 79.5 cm³/mol. The number of carbonyl (C=O) groups excluding carboxylic acids is 1. The topological polar surface area (TPSA) is 80.3 Å². The summed E-state index contributed by atoms with van der Waals surface area (Å²) in [6, 6.07) is 5.60. The van der Waals surface area contributed by atoms with E-state index in [1.54, 1.807) is 12.1 Å². The minimum atomic E-state index is -0.797. The fourth-order valence-electron chi connectivity index (χ4n) is 2.18. The Labute approximate surface area is 135 Å². The van der Waals surface area contributed by atoms with Crippen LogP contribution in [0.25, 0.3) is 5.69 Å². The lowest BCUT2D eigenvalue weighted by atomic mass is 10.2. The van der Waals surface area contributed by atoms with Gasteiger partial charge in [-0.05, 0) is 24.3 Å². The van der Waals surface area contributed by atoms with Crippen molar-refractivity contribution in [3.8, 4) is 5.69 Å². The van der Waals surface area contributed by atoms with E-state index in [2.05, 4.69) is 10.4 Å². The van der Waals surface area contributed by atoms with Crippen LogP contribution in [0.15, 0.2) is 53.4 Å². The molecule has 124 valence electrons. The van der Waals surface area contributed by atoms with Crippen molar-refractivity contribution in [3.05, 3.63) is 71.9 Å². The van der Waals surface area contributed by atoms with Gasteiger partial charge in [0.15, 0.2) is 5.82 Å². The van der Waals surface area contributed by atoms with Crippen molar-refractivity contribution in [2.45, 2.75) is 6.04 Å². The maximum atomic E-state index is 13.8. The lowest BCUT2D eigenvalue weighted by molar-refractivity contribution is 0.0907. The van der Waals surface area contributed by atoms with Gasteiger partial charge in [-0.2, -0.15) is 5.10 Å². The summed E-state index contributed by atoms with van der Waals surface area (Å²) in [5.74, 6) is -1.61. The summed E-state index contributed by atoms with van der Waals surface area (Å²) >= 11 is 0. The van der Waals surface area contributed by atoms with Gasteiger partial charge in [-0.25, -0.2) is 13.5 Å². The molecule has 1 aromatic carbocycles. The molecule has 2 heterocycles. The van der Waals surface area contributed by atoms with Crippen molar-refractivity contribution in [2.24, 2.45) is 0 Å². The molecule has 2 aromatic heterocycles. The number of amides is 1. The van der Waals surface area contributed by atoms with Gasteiger partial charge in [0.05, 0.1) is 24.6 Å². The second kappa shape index (κ2) is 6.63. The van der Waals surface area contributed by atoms with E-state index in [-0.39, 0.29) is 17.9 Å². The second-order valence-electron chi connectivity index (χ2n) is 4.99. The second-order valence-corrected chi connectivity index (χ2v) is 4.99. The molecule has 3 rings (SSSR count). The van der Waals surface area contributed by atoms with Crippen LogP contribution in [0.2, 0.25) is 0 Å². The van der Waals surface area contributed by atoms with Gasteiger partial charge in [0.1, 0.15) is 23.3 Å². The SMILES string of the molecule is O=C(NC(CO)c1ccco1)c1cnn(-c2ccc(F)cc2F)c1. The van der Waals surface area contributed by atoms with Crippen LogP contribution in [0, 0.1) is 11.6 Å². The molecular formula is C16H13F2N3O3. The molecular weight excluding hydrogens is 320 g/mol. The van der Waals surface area contributed by atoms with Crippen molar-refractivity contribution in [3.63, 3.8) is 0 Å². The Balaban J connectivity index is 1.78. The number of aliphatic hydroxyl groups excluding tert-OH is 1. The fourth-order valence-corrected chi connectivity index (χ4v) is 2.18. The van der Waals surface area contributed by atoms with Crippen molar-refractivity contribution >= 4 is 5.91 Å². The zero-order valence-electron chi connectivity index (χ0n) is 12.3. The fraction of sp³-hybridized carbons (Fsp3) is 0.125. The average molecular weight is 333 g/mol. The molecule has 1 amide bonds. The van der Waals surface area contributed by atoms with Gasteiger partial charge in [-0.15, -0.1) is 0 Å². The van der Waals surface area contributed by atoms with Crippen molar-refractivity contribution in [2.75, 3.05) is 6.61 Å². The molecule has 0 saturated heterocycles. The van der Waals surface area contributed by atoms with E-state index in [0.29, 0.717) is 5.76 Å². The standard InChI is InChI=1S/C16H13F2N3O3/c17-11-3-4-14(12(18)6-11)21-8-10(7-19-21)16(23)20-13(9-22)15-2-1-5-24-15/h1-8,13,22H,9H2,(H,20,23). The number of hydrogen-bond donors (Lipinski definition) is 2. The molecule has 0 aliphatic carbocycles. The number of hydrogen-bond acceptors (Lipinski definition) is 4. The van der Waals surface area contributed by atoms with Gasteiger partial charge in [0.2, 0.25) is 0 Å². The number of benzene rings is 1. The number of halogens is 2. The van der Waals surface area contributed by atoms with Crippen LogP contribution >= 0.6 is 0 Å². The predicted octanol–water partition coefficient (Wildman–Crippen LogP) is 2.21. The van der Waals surface area contributed by atoms with Gasteiger partial charge < -0.3 is 14.8 Å². The first-order valence-corrected chi connectivity index (χ1v) is 7.03. The molecule has 0 radical (unpaired) electrons. The molecule has 2 N–H and O–H groups in total. The summed E-state index contributed by atoms with van der Waals surface area (Å²) in [5.41, 5.74) is 0.170. The molecule has 3 aromatic rings. The van der Waals surface area contributed by atoms with Gasteiger partial charge in [-0.3, -0.25) is 4.79 Å². The molecule has 0 aliphatic heterocycles. The number of aliphatic hydroxyl groups is 1. The van der Waals surface area contributed by atoms with E-state index in [1.165, 1.54) is 24.7 Å². The Morgan fingerprint density at radius 1 is 1.38 bits per heavy atom. The third-order valence-corrected chi connectivity index (χ3v) is 3.38. The van der Waals surface area contributed by atoms with E-state index in [4.69, 9.17) is 4.42 Å². The van der Waals surface area contributed by atoms with E-state index >= 15 is 0 Å². The highest BCUT2D eigenvalue weighted by molar-refractivity contribution is 5.94. The summed E-state index contributed by atoms with van der Waals surface area (Å²) in [4.78, 5) is 12.2. The van der Waals surface area contributed by atoms with E-state index in [1.807, 2.05) is 0 Å². The molecule has 0 fully saturated rings. The molecule has 6 nitrogen and oxygen atoms in total. The summed E-state index contributed by atoms with van der Waals surface area (Å²) < 4.78 is 33.0. The first kappa shape index (κ1) is 15.9. The maximum Gasteiger partial charge on any atom is 0.255 e. The molecule has 1 atom stereocenters. The Morgan fingerprint density at radius 2 is 2.21 bits per heavy atom. The van der Waals surface area contributed by atoms with Gasteiger partial charge in [-0.1, -0.05) is 0 Å². The van der Waals surface area contributed by atoms with Crippen LogP contribution in [-0.4, -0.2) is 27.4 Å². The molecule has 0 spiro atoms. The quantitative estimate of drug-likeness (QED) is 0.750. The van der Waals surface area contributed by atoms with Gasteiger partial charge in [0.25, 0.3) is 5.91 Å². The molecule has 0 bridgehead atoms. The minimum Gasteiger partial charge on any atom is -0.467 e. The van der Waals surface area contributed by atoms with Crippen LogP contribution < -0.4 is 5.32 Å². The van der Waals surface area contributed by atoms with Crippen LogP contribution in [0.1, 0.15) is 22.2 Å². The first-order valence-electron chi connectivity index (χ1n) is 7.03. The smallest absolute Gasteiger partial charge is 0.255 e. The normalized spacial score (nSPS) is 12.1. The van der Waals surface area contributed by atoms with Crippen molar-refractivity contribution in [1.29, 1.82) is 0 Å². The van der Waals surface area contributed by atoms with Crippen LogP contribution in [0.4, 0.5) is 8.78 Å². The van der Waals surface area contributed by atoms with Gasteiger partial charge >= 0.3 is 0 Å². The zero-order valence-corrected chi connectivity index (χ0v) is 12.3. The molecule has 24 heavy (non-hydrogen) atoms. The Morgan fingerprint density at radius 3 is 2.88 bits per heavy atom. The van der Waals surface area contributed by atoms with Crippen LogP contribution in [0.5, 0.6) is 0 Å². The lowest BCUT2D eigenvalue weighted by Crippen LogP contribution is -2.30. The van der Waals surface area contributed by atoms with Crippen LogP contribution in [-0.2, 0) is 0 Å². The number of nitrogens with one attached hydrogen (secondary N) is 1. The third-order valence-electron chi connectivity index (χ3n) is 3.38. The number of nitrogens with zero attached hydrogens (tertiary/aromatic N) is 2. The summed E-state index contributed by atoms with van der Waals surface area (Å²) in [6.45, 7) is -0.347. The average Bonchev–Trinajstić information content (AvgIpc) is 3.24. The molecule has 0 saturated carbocycles. The summed E-state index contributed by atoms with van der Waals surface area (Å²) in [6.07, 6.45) is 3.98. The monoisotopic (exact) mass is 333 g/mol.